The number of hydrogen-bond donors (Lipinski definition) is 1. The quantitative estimate of drug-likeness (QED) is 0.839. The molecule has 2 aromatic carbocycles. The van der Waals surface area contributed by atoms with Crippen LogP contribution in [0.2, 0.25) is 0 Å². The molecule has 0 bridgehead atoms. The van der Waals surface area contributed by atoms with Gasteiger partial charge in [-0.05, 0) is 33.6 Å². The van der Waals surface area contributed by atoms with Crippen LogP contribution in [0.1, 0.15) is 15.9 Å². The van der Waals surface area contributed by atoms with Gasteiger partial charge in [-0.3, -0.25) is 4.79 Å². The predicted octanol–water partition coefficient (Wildman–Crippen LogP) is 4.15. The van der Waals surface area contributed by atoms with Crippen LogP contribution in [0.25, 0.3) is 0 Å². The summed E-state index contributed by atoms with van der Waals surface area (Å²) in [5.41, 5.74) is 1.54. The third kappa shape index (κ3) is 3.61. The Morgan fingerprint density at radius 1 is 1.20 bits per heavy atom. The summed E-state index contributed by atoms with van der Waals surface area (Å²) < 4.78 is 6.83. The molecule has 20 heavy (non-hydrogen) atoms. The first-order valence-corrected chi connectivity index (χ1v) is 7.55. The lowest BCUT2D eigenvalue weighted by Crippen LogP contribution is -2.23. The van der Waals surface area contributed by atoms with Gasteiger partial charge in [0.05, 0.1) is 17.1 Å². The van der Waals surface area contributed by atoms with Crippen LogP contribution in [0.3, 0.4) is 0 Å². The second-order valence-corrected chi connectivity index (χ2v) is 5.91. The molecule has 1 N–H and O–H groups in total. The zero-order valence-corrected chi connectivity index (χ0v) is 14.0. The highest BCUT2D eigenvalue weighted by Crippen LogP contribution is 2.32. The van der Waals surface area contributed by atoms with Crippen molar-refractivity contribution in [2.45, 2.75) is 6.54 Å². The number of amides is 1. The number of carbonyl (C=O) groups excluding carboxylic acids is 1. The van der Waals surface area contributed by atoms with E-state index in [-0.39, 0.29) is 5.91 Å². The molecule has 104 valence electrons. The van der Waals surface area contributed by atoms with Gasteiger partial charge in [0, 0.05) is 11.0 Å². The lowest BCUT2D eigenvalue weighted by Gasteiger charge is -2.11. The number of hydrogen-bond acceptors (Lipinski definition) is 2. The number of rotatable bonds is 4. The highest BCUT2D eigenvalue weighted by atomic mass is 79.9. The predicted molar refractivity (Wildman–Crippen MR) is 86.0 cm³/mol. The van der Waals surface area contributed by atoms with Crippen LogP contribution in [-0.2, 0) is 6.54 Å². The minimum absolute atomic E-state index is 0.173. The maximum atomic E-state index is 12.3. The minimum Gasteiger partial charge on any atom is -0.495 e. The minimum atomic E-state index is -0.173. The van der Waals surface area contributed by atoms with Gasteiger partial charge in [0.25, 0.3) is 5.91 Å². The number of halogens is 2. The fourth-order valence-electron chi connectivity index (χ4n) is 1.81. The van der Waals surface area contributed by atoms with Gasteiger partial charge in [-0.25, -0.2) is 0 Å². The van der Waals surface area contributed by atoms with E-state index in [1.807, 2.05) is 36.4 Å². The van der Waals surface area contributed by atoms with Gasteiger partial charge in [-0.1, -0.05) is 46.3 Å². The Bertz CT molecular complexity index is 615. The third-order valence-electron chi connectivity index (χ3n) is 2.75. The zero-order valence-electron chi connectivity index (χ0n) is 10.8. The van der Waals surface area contributed by atoms with E-state index in [1.165, 1.54) is 0 Å². The maximum Gasteiger partial charge on any atom is 0.255 e. The van der Waals surface area contributed by atoms with Crippen LogP contribution in [0.5, 0.6) is 5.75 Å². The van der Waals surface area contributed by atoms with Crippen LogP contribution in [-0.4, -0.2) is 13.0 Å². The van der Waals surface area contributed by atoms with Crippen molar-refractivity contribution in [1.29, 1.82) is 0 Å². The van der Waals surface area contributed by atoms with Crippen LogP contribution in [0.15, 0.2) is 51.4 Å². The molecule has 0 aliphatic heterocycles. The molecule has 0 saturated carbocycles. The molecule has 0 aromatic heterocycles. The number of carbonyl (C=O) groups is 1. The van der Waals surface area contributed by atoms with Gasteiger partial charge < -0.3 is 10.1 Å². The Hall–Kier alpha value is -1.33. The second-order valence-electron chi connectivity index (χ2n) is 4.14. The fraction of sp³-hybridized carbons (Fsp3) is 0.133. The van der Waals surface area contributed by atoms with E-state index in [9.17, 15) is 4.79 Å². The largest absolute Gasteiger partial charge is 0.495 e. The normalized spacial score (nSPS) is 10.2. The van der Waals surface area contributed by atoms with Crippen LogP contribution >= 0.6 is 31.9 Å². The first-order valence-electron chi connectivity index (χ1n) is 5.97. The number of ether oxygens (including phenoxy) is 1. The molecule has 0 fully saturated rings. The average Bonchev–Trinajstić information content (AvgIpc) is 2.45. The first-order chi connectivity index (χ1) is 9.61. The monoisotopic (exact) mass is 397 g/mol. The van der Waals surface area contributed by atoms with E-state index in [0.29, 0.717) is 17.9 Å². The highest BCUT2D eigenvalue weighted by Gasteiger charge is 2.16. The van der Waals surface area contributed by atoms with Crippen molar-refractivity contribution in [2.75, 3.05) is 7.11 Å². The second kappa shape index (κ2) is 6.90. The van der Waals surface area contributed by atoms with E-state index in [1.54, 1.807) is 13.2 Å². The van der Waals surface area contributed by atoms with Crippen molar-refractivity contribution in [2.24, 2.45) is 0 Å². The van der Waals surface area contributed by atoms with E-state index < -0.39 is 0 Å². The van der Waals surface area contributed by atoms with Crippen molar-refractivity contribution < 1.29 is 9.53 Å². The van der Waals surface area contributed by atoms with Gasteiger partial charge in [0.15, 0.2) is 0 Å². The van der Waals surface area contributed by atoms with Gasteiger partial charge in [-0.15, -0.1) is 0 Å². The standard InChI is InChI=1S/C15H13Br2NO2/c1-20-14-12(7-11(16)8-13(14)17)15(19)18-9-10-5-3-2-4-6-10/h2-8H,9H2,1H3,(H,18,19). The van der Waals surface area contributed by atoms with E-state index in [2.05, 4.69) is 37.2 Å². The van der Waals surface area contributed by atoms with E-state index in [0.717, 1.165) is 14.5 Å². The van der Waals surface area contributed by atoms with Gasteiger partial charge in [0.1, 0.15) is 5.75 Å². The smallest absolute Gasteiger partial charge is 0.255 e. The summed E-state index contributed by atoms with van der Waals surface area (Å²) in [4.78, 5) is 12.3. The lowest BCUT2D eigenvalue weighted by atomic mass is 10.1. The third-order valence-corrected chi connectivity index (χ3v) is 3.80. The molecule has 0 radical (unpaired) electrons. The van der Waals surface area contributed by atoms with E-state index in [4.69, 9.17) is 4.74 Å². The van der Waals surface area contributed by atoms with Crippen LogP contribution in [0.4, 0.5) is 0 Å². The summed E-state index contributed by atoms with van der Waals surface area (Å²) in [5, 5.41) is 2.88. The Labute approximate surface area is 134 Å². The molecule has 0 atom stereocenters. The molecule has 5 heteroatoms. The highest BCUT2D eigenvalue weighted by molar-refractivity contribution is 9.11. The Morgan fingerprint density at radius 3 is 2.55 bits per heavy atom. The van der Waals surface area contributed by atoms with Gasteiger partial charge >= 0.3 is 0 Å². The number of nitrogens with one attached hydrogen (secondary N) is 1. The molecule has 2 rings (SSSR count). The molecule has 0 unspecified atom stereocenters. The number of methoxy groups -OCH3 is 1. The average molecular weight is 399 g/mol. The zero-order chi connectivity index (χ0) is 14.5. The maximum absolute atomic E-state index is 12.3. The molecule has 3 nitrogen and oxygen atoms in total. The summed E-state index contributed by atoms with van der Waals surface area (Å²) in [7, 11) is 1.54. The molecular formula is C15H13Br2NO2. The summed E-state index contributed by atoms with van der Waals surface area (Å²) in [5.74, 6) is 0.353. The first kappa shape index (κ1) is 15.1. The van der Waals surface area contributed by atoms with E-state index >= 15 is 0 Å². The fourth-order valence-corrected chi connectivity index (χ4v) is 3.20. The summed E-state index contributed by atoms with van der Waals surface area (Å²) in [6, 6.07) is 13.3. The number of benzene rings is 2. The molecule has 1 amide bonds. The molecule has 0 spiro atoms. The summed E-state index contributed by atoms with van der Waals surface area (Å²) in [6.45, 7) is 0.479. The molecule has 0 saturated heterocycles. The molecule has 0 heterocycles. The molecule has 0 aliphatic carbocycles. The van der Waals surface area contributed by atoms with Gasteiger partial charge in [-0.2, -0.15) is 0 Å². The topological polar surface area (TPSA) is 38.3 Å². The Kier molecular flexibility index (Phi) is 5.20. The Morgan fingerprint density at radius 2 is 1.90 bits per heavy atom. The molecule has 0 aliphatic rings. The Balaban J connectivity index is 2.17. The summed E-state index contributed by atoms with van der Waals surface area (Å²) >= 11 is 6.76. The van der Waals surface area contributed by atoms with Crippen molar-refractivity contribution >= 4 is 37.8 Å². The SMILES string of the molecule is COc1c(Br)cc(Br)cc1C(=O)NCc1ccccc1. The van der Waals surface area contributed by atoms with Crippen molar-refractivity contribution in [3.05, 3.63) is 62.5 Å². The van der Waals surface area contributed by atoms with Crippen LogP contribution in [0, 0.1) is 0 Å². The molecule has 2 aromatic rings. The lowest BCUT2D eigenvalue weighted by molar-refractivity contribution is 0.0947. The van der Waals surface area contributed by atoms with Crippen molar-refractivity contribution in [3.63, 3.8) is 0 Å². The van der Waals surface area contributed by atoms with Gasteiger partial charge in [0.2, 0.25) is 0 Å². The summed E-state index contributed by atoms with van der Waals surface area (Å²) in [6.07, 6.45) is 0. The van der Waals surface area contributed by atoms with Crippen LogP contribution < -0.4 is 10.1 Å². The van der Waals surface area contributed by atoms with Crippen molar-refractivity contribution in [1.82, 2.24) is 5.32 Å². The van der Waals surface area contributed by atoms with Crippen molar-refractivity contribution in [3.8, 4) is 5.75 Å². The molecular weight excluding hydrogens is 386 g/mol.